The first-order chi connectivity index (χ1) is 12.4. The van der Waals surface area contributed by atoms with E-state index in [1.165, 1.54) is 5.56 Å². The van der Waals surface area contributed by atoms with E-state index in [9.17, 15) is 4.79 Å². The number of carbonyl (C=O) groups is 1. The highest BCUT2D eigenvalue weighted by Crippen LogP contribution is 2.12. The van der Waals surface area contributed by atoms with Gasteiger partial charge in [-0.3, -0.25) is 4.99 Å². The lowest BCUT2D eigenvalue weighted by molar-refractivity contribution is -0.106. The van der Waals surface area contributed by atoms with E-state index in [4.69, 9.17) is 0 Å². The molecule has 0 aliphatic carbocycles. The molecule has 0 aliphatic rings. The number of carbonyl (C=O) groups excluding carboxylic acids is 1. The Morgan fingerprint density at radius 3 is 2.32 bits per heavy atom. The Balaban J connectivity index is 1.76. The predicted octanol–water partition coefficient (Wildman–Crippen LogP) is 4.69. The van der Waals surface area contributed by atoms with E-state index >= 15 is 0 Å². The van der Waals surface area contributed by atoms with Crippen molar-refractivity contribution in [1.82, 2.24) is 0 Å². The van der Waals surface area contributed by atoms with Crippen molar-refractivity contribution in [1.29, 1.82) is 0 Å². The van der Waals surface area contributed by atoms with Crippen LogP contribution >= 0.6 is 0 Å². The normalized spacial score (nSPS) is 11.8. The van der Waals surface area contributed by atoms with Gasteiger partial charge >= 0.3 is 0 Å². The summed E-state index contributed by atoms with van der Waals surface area (Å²) in [6.07, 6.45) is 13.9. The molecule has 25 heavy (non-hydrogen) atoms. The molecule has 126 valence electrons. The number of aliphatic imine (C=N–C) groups is 1. The van der Waals surface area contributed by atoms with Gasteiger partial charge in [-0.2, -0.15) is 0 Å². The highest BCUT2D eigenvalue weighted by atomic mass is 16.1. The van der Waals surface area contributed by atoms with Crippen LogP contribution in [0.2, 0.25) is 0 Å². The van der Waals surface area contributed by atoms with Gasteiger partial charge in [-0.25, -0.2) is 0 Å². The van der Waals surface area contributed by atoms with Crippen LogP contribution in [0, 0.1) is 0 Å². The Hall–Kier alpha value is -3.20. The van der Waals surface area contributed by atoms with Crippen LogP contribution in [0.5, 0.6) is 0 Å². The van der Waals surface area contributed by atoms with Crippen LogP contribution in [0.25, 0.3) is 6.08 Å². The quantitative estimate of drug-likeness (QED) is 0.411. The van der Waals surface area contributed by atoms with Crippen LogP contribution in [-0.2, 0) is 11.3 Å². The molecule has 2 aromatic rings. The first-order valence-electron chi connectivity index (χ1n) is 8.20. The smallest absolute Gasteiger partial charge is 0.141 e. The van der Waals surface area contributed by atoms with Gasteiger partial charge in [-0.15, -0.1) is 0 Å². The number of hydrogen-bond acceptors (Lipinski definition) is 3. The molecule has 0 saturated carbocycles. The summed E-state index contributed by atoms with van der Waals surface area (Å²) < 4.78 is 0. The van der Waals surface area contributed by atoms with E-state index in [2.05, 4.69) is 46.7 Å². The molecule has 2 aromatic carbocycles. The average molecular weight is 330 g/mol. The van der Waals surface area contributed by atoms with Crippen molar-refractivity contribution < 1.29 is 4.79 Å². The summed E-state index contributed by atoms with van der Waals surface area (Å²) in [5.74, 6) is 0. The zero-order valence-electron chi connectivity index (χ0n) is 14.1. The maximum Gasteiger partial charge on any atom is 0.141 e. The van der Waals surface area contributed by atoms with Crippen LogP contribution in [0.3, 0.4) is 0 Å². The molecule has 0 heterocycles. The molecule has 0 fully saturated rings. The molecule has 0 spiro atoms. The number of rotatable bonds is 9. The molecular formula is C22H22N2O. The maximum absolute atomic E-state index is 10.1. The van der Waals surface area contributed by atoms with Crippen LogP contribution in [-0.4, -0.2) is 19.0 Å². The minimum atomic E-state index is 0.212. The van der Waals surface area contributed by atoms with Gasteiger partial charge in [0, 0.05) is 18.4 Å². The van der Waals surface area contributed by atoms with E-state index in [1.54, 1.807) is 12.3 Å². The molecule has 2 rings (SSSR count). The summed E-state index contributed by atoms with van der Waals surface area (Å²) in [7, 11) is 0. The highest BCUT2D eigenvalue weighted by molar-refractivity contribution is 5.73. The van der Waals surface area contributed by atoms with Crippen LogP contribution in [0.15, 0.2) is 90.0 Å². The van der Waals surface area contributed by atoms with E-state index in [0.717, 1.165) is 24.1 Å². The Kier molecular flexibility index (Phi) is 8.24. The lowest BCUT2D eigenvalue weighted by Gasteiger charge is -2.06. The first kappa shape index (κ1) is 18.1. The van der Waals surface area contributed by atoms with Gasteiger partial charge in [-0.05, 0) is 29.3 Å². The standard InChI is InChI=1S/C22H22N2O/c25-18-17-23-16-8-3-1-2-5-9-20-12-14-22(15-13-20)24-19-21-10-6-4-7-11-21/h1-16,18,24H,17,19H2/b2-1+,8-3-,9-5+,23-16?. The summed E-state index contributed by atoms with van der Waals surface area (Å²) >= 11 is 0. The Morgan fingerprint density at radius 1 is 0.840 bits per heavy atom. The minimum Gasteiger partial charge on any atom is -0.381 e. The SMILES string of the molecule is O=CCN=C\C=C/C=C/C=C/c1ccc(NCc2ccccc2)cc1. The molecule has 0 unspecified atom stereocenters. The molecule has 1 N–H and O–H groups in total. The Bertz CT molecular complexity index is 741. The first-order valence-corrected chi connectivity index (χ1v) is 8.20. The van der Waals surface area contributed by atoms with Gasteiger partial charge in [0.1, 0.15) is 6.29 Å². The van der Waals surface area contributed by atoms with Crippen molar-refractivity contribution in [3.8, 4) is 0 Å². The average Bonchev–Trinajstić information content (AvgIpc) is 2.67. The molecular weight excluding hydrogens is 308 g/mol. The fourth-order valence-corrected chi connectivity index (χ4v) is 2.09. The van der Waals surface area contributed by atoms with Gasteiger partial charge in [0.2, 0.25) is 0 Å². The molecule has 0 aromatic heterocycles. The van der Waals surface area contributed by atoms with Crippen LogP contribution in [0.1, 0.15) is 11.1 Å². The molecule has 3 heteroatoms. The van der Waals surface area contributed by atoms with Gasteiger partial charge in [0.25, 0.3) is 0 Å². The summed E-state index contributed by atoms with van der Waals surface area (Å²) in [5.41, 5.74) is 3.52. The third-order valence-corrected chi connectivity index (χ3v) is 3.35. The molecule has 3 nitrogen and oxygen atoms in total. The second-order valence-corrected chi connectivity index (χ2v) is 5.27. The molecule has 0 aliphatic heterocycles. The molecule has 0 bridgehead atoms. The molecule has 0 saturated heterocycles. The maximum atomic E-state index is 10.1. The summed E-state index contributed by atoms with van der Waals surface area (Å²) in [4.78, 5) is 13.9. The minimum absolute atomic E-state index is 0.212. The molecule has 0 amide bonds. The number of aldehydes is 1. The second-order valence-electron chi connectivity index (χ2n) is 5.27. The highest BCUT2D eigenvalue weighted by Gasteiger charge is 1.93. The van der Waals surface area contributed by atoms with E-state index in [1.807, 2.05) is 48.6 Å². The van der Waals surface area contributed by atoms with Crippen molar-refractivity contribution in [2.75, 3.05) is 11.9 Å². The topological polar surface area (TPSA) is 41.5 Å². The lowest BCUT2D eigenvalue weighted by Crippen LogP contribution is -1.98. The molecule has 0 radical (unpaired) electrons. The monoisotopic (exact) mass is 330 g/mol. The van der Waals surface area contributed by atoms with Gasteiger partial charge in [-0.1, -0.05) is 72.8 Å². The number of benzene rings is 2. The van der Waals surface area contributed by atoms with Crippen molar-refractivity contribution in [2.45, 2.75) is 6.54 Å². The third-order valence-electron chi connectivity index (χ3n) is 3.35. The van der Waals surface area contributed by atoms with Crippen LogP contribution < -0.4 is 5.32 Å². The third kappa shape index (κ3) is 7.75. The second kappa shape index (κ2) is 11.4. The number of allylic oxidation sites excluding steroid dienone is 5. The fraction of sp³-hybridized carbons (Fsp3) is 0.0909. The lowest BCUT2D eigenvalue weighted by atomic mass is 10.1. The van der Waals surface area contributed by atoms with Crippen LogP contribution in [0.4, 0.5) is 5.69 Å². The molecule has 0 atom stereocenters. The predicted molar refractivity (Wildman–Crippen MR) is 107 cm³/mol. The Morgan fingerprint density at radius 2 is 1.56 bits per heavy atom. The fourth-order valence-electron chi connectivity index (χ4n) is 2.09. The van der Waals surface area contributed by atoms with Crippen molar-refractivity contribution in [2.24, 2.45) is 4.99 Å². The van der Waals surface area contributed by atoms with Gasteiger partial charge in [0.05, 0.1) is 6.54 Å². The largest absolute Gasteiger partial charge is 0.381 e. The summed E-state index contributed by atoms with van der Waals surface area (Å²) in [5, 5.41) is 3.41. The zero-order valence-corrected chi connectivity index (χ0v) is 14.1. The zero-order chi connectivity index (χ0) is 17.6. The van der Waals surface area contributed by atoms with Crippen molar-refractivity contribution in [3.63, 3.8) is 0 Å². The number of anilines is 1. The van der Waals surface area contributed by atoms with Crippen molar-refractivity contribution >= 4 is 24.3 Å². The van der Waals surface area contributed by atoms with E-state index in [-0.39, 0.29) is 6.54 Å². The summed E-state index contributed by atoms with van der Waals surface area (Å²) in [6.45, 7) is 1.03. The number of hydrogen-bond donors (Lipinski definition) is 1. The summed E-state index contributed by atoms with van der Waals surface area (Å²) in [6, 6.07) is 18.7. The van der Waals surface area contributed by atoms with Gasteiger partial charge < -0.3 is 10.1 Å². The number of nitrogens with one attached hydrogen (secondary N) is 1. The van der Waals surface area contributed by atoms with Crippen molar-refractivity contribution in [3.05, 3.63) is 96.1 Å². The van der Waals surface area contributed by atoms with E-state index in [0.29, 0.717) is 0 Å². The van der Waals surface area contributed by atoms with E-state index < -0.39 is 0 Å². The number of nitrogens with zero attached hydrogens (tertiary/aromatic N) is 1. The van der Waals surface area contributed by atoms with Gasteiger partial charge in [0.15, 0.2) is 0 Å². The Labute approximate surface area is 149 Å².